The molecule has 1 aromatic rings. The molecule has 0 bridgehead atoms. The fourth-order valence-corrected chi connectivity index (χ4v) is 3.16. The van der Waals surface area contributed by atoms with E-state index in [0.717, 1.165) is 25.7 Å². The van der Waals surface area contributed by atoms with E-state index in [0.29, 0.717) is 5.78 Å². The van der Waals surface area contributed by atoms with E-state index in [4.69, 9.17) is 0 Å². The van der Waals surface area contributed by atoms with Crippen LogP contribution in [-0.4, -0.2) is 5.78 Å². The molecule has 0 saturated heterocycles. The van der Waals surface area contributed by atoms with Gasteiger partial charge < -0.3 is 0 Å². The Kier molecular flexibility index (Phi) is 3.31. The van der Waals surface area contributed by atoms with Crippen molar-refractivity contribution in [1.82, 2.24) is 0 Å². The van der Waals surface area contributed by atoms with Crippen molar-refractivity contribution in [2.24, 2.45) is 0 Å². The number of ketones is 1. The second kappa shape index (κ2) is 5.09. The topological polar surface area (TPSA) is 17.1 Å². The molecule has 3 rings (SSSR count). The standard InChI is InChI=1S/C17H20O/c18-17-7-2-1-4-13(12-17)10-14-8-9-15-5-3-6-16(15)11-14/h8-9,11-12H,1-7,10H2. The normalized spacial score (nSPS) is 19.3. The second-order valence-corrected chi connectivity index (χ2v) is 5.61. The lowest BCUT2D eigenvalue weighted by Gasteiger charge is -2.07. The molecule has 0 amide bonds. The van der Waals surface area contributed by atoms with Gasteiger partial charge in [0.15, 0.2) is 5.78 Å². The van der Waals surface area contributed by atoms with Gasteiger partial charge in [-0.25, -0.2) is 0 Å². The van der Waals surface area contributed by atoms with Crippen molar-refractivity contribution >= 4 is 5.78 Å². The molecule has 2 aliphatic rings. The molecule has 1 heteroatoms. The number of allylic oxidation sites excluding steroid dienone is 2. The number of fused-ring (bicyclic) bond motifs is 1. The summed E-state index contributed by atoms with van der Waals surface area (Å²) in [4.78, 5) is 11.6. The van der Waals surface area contributed by atoms with Crippen LogP contribution in [0.2, 0.25) is 0 Å². The first-order valence-electron chi connectivity index (χ1n) is 7.14. The van der Waals surface area contributed by atoms with E-state index in [1.165, 1.54) is 47.9 Å². The van der Waals surface area contributed by atoms with Gasteiger partial charge in [-0.3, -0.25) is 4.79 Å². The number of hydrogen-bond donors (Lipinski definition) is 0. The van der Waals surface area contributed by atoms with Crippen molar-refractivity contribution in [2.45, 2.75) is 51.4 Å². The average Bonchev–Trinajstić information content (AvgIpc) is 2.72. The van der Waals surface area contributed by atoms with Gasteiger partial charge in [-0.1, -0.05) is 23.8 Å². The fourth-order valence-electron chi connectivity index (χ4n) is 3.16. The molecule has 0 atom stereocenters. The van der Waals surface area contributed by atoms with Crippen molar-refractivity contribution in [2.75, 3.05) is 0 Å². The van der Waals surface area contributed by atoms with Crippen LogP contribution in [-0.2, 0) is 24.1 Å². The van der Waals surface area contributed by atoms with Gasteiger partial charge in [-0.05, 0) is 67.7 Å². The van der Waals surface area contributed by atoms with Gasteiger partial charge in [-0.2, -0.15) is 0 Å². The molecule has 0 fully saturated rings. The summed E-state index contributed by atoms with van der Waals surface area (Å²) in [7, 11) is 0. The number of benzene rings is 1. The highest BCUT2D eigenvalue weighted by atomic mass is 16.1. The van der Waals surface area contributed by atoms with E-state index in [9.17, 15) is 4.79 Å². The monoisotopic (exact) mass is 240 g/mol. The van der Waals surface area contributed by atoms with Crippen LogP contribution in [0.15, 0.2) is 29.8 Å². The summed E-state index contributed by atoms with van der Waals surface area (Å²) < 4.78 is 0. The van der Waals surface area contributed by atoms with Gasteiger partial charge in [0.05, 0.1) is 0 Å². The summed E-state index contributed by atoms with van der Waals surface area (Å²) in [6, 6.07) is 6.90. The first-order valence-corrected chi connectivity index (χ1v) is 7.14. The molecule has 1 aromatic carbocycles. The zero-order valence-corrected chi connectivity index (χ0v) is 10.9. The highest BCUT2D eigenvalue weighted by Gasteiger charge is 2.13. The van der Waals surface area contributed by atoms with Gasteiger partial charge in [0.2, 0.25) is 0 Å². The van der Waals surface area contributed by atoms with Crippen molar-refractivity contribution in [3.63, 3.8) is 0 Å². The maximum Gasteiger partial charge on any atom is 0.155 e. The number of hydrogen-bond acceptors (Lipinski definition) is 1. The molecule has 1 nitrogen and oxygen atoms in total. The smallest absolute Gasteiger partial charge is 0.155 e. The molecule has 18 heavy (non-hydrogen) atoms. The van der Waals surface area contributed by atoms with Crippen molar-refractivity contribution < 1.29 is 4.79 Å². The Labute approximate surface area is 109 Å². The molecule has 0 aromatic heterocycles. The number of rotatable bonds is 2. The van der Waals surface area contributed by atoms with E-state index < -0.39 is 0 Å². The highest BCUT2D eigenvalue weighted by Crippen LogP contribution is 2.25. The maximum atomic E-state index is 11.6. The summed E-state index contributed by atoms with van der Waals surface area (Å²) >= 11 is 0. The Morgan fingerprint density at radius 1 is 0.889 bits per heavy atom. The lowest BCUT2D eigenvalue weighted by molar-refractivity contribution is -0.114. The number of carbonyl (C=O) groups excluding carboxylic acids is 1. The summed E-state index contributed by atoms with van der Waals surface area (Å²) in [6.07, 6.45) is 10.7. The Balaban J connectivity index is 1.77. The minimum absolute atomic E-state index is 0.323. The second-order valence-electron chi connectivity index (χ2n) is 5.61. The predicted molar refractivity (Wildman–Crippen MR) is 73.7 cm³/mol. The van der Waals surface area contributed by atoms with Crippen molar-refractivity contribution in [3.05, 3.63) is 46.5 Å². The molecule has 0 N–H and O–H groups in total. The van der Waals surface area contributed by atoms with Crippen molar-refractivity contribution in [1.29, 1.82) is 0 Å². The molecular formula is C17H20O. The lowest BCUT2D eigenvalue weighted by atomic mass is 9.98. The first kappa shape index (κ1) is 11.7. The quantitative estimate of drug-likeness (QED) is 0.768. The third-order valence-corrected chi connectivity index (χ3v) is 4.13. The predicted octanol–water partition coefficient (Wildman–Crippen LogP) is 3.79. The molecule has 0 radical (unpaired) electrons. The average molecular weight is 240 g/mol. The fraction of sp³-hybridized carbons (Fsp3) is 0.471. The zero-order valence-electron chi connectivity index (χ0n) is 10.9. The van der Waals surface area contributed by atoms with E-state index in [1.807, 2.05) is 6.08 Å². The van der Waals surface area contributed by atoms with E-state index in [1.54, 1.807) is 0 Å². The summed E-state index contributed by atoms with van der Waals surface area (Å²) in [6.45, 7) is 0. The Hall–Kier alpha value is -1.37. The van der Waals surface area contributed by atoms with Crippen LogP contribution in [0.4, 0.5) is 0 Å². The summed E-state index contributed by atoms with van der Waals surface area (Å²) in [5.41, 5.74) is 5.78. The van der Waals surface area contributed by atoms with Crippen LogP contribution in [0.1, 0.15) is 48.8 Å². The van der Waals surface area contributed by atoms with Crippen LogP contribution in [0, 0.1) is 0 Å². The SMILES string of the molecule is O=C1C=C(Cc2ccc3c(c2)CCC3)CCCC1. The largest absolute Gasteiger partial charge is 0.295 e. The maximum absolute atomic E-state index is 11.6. The molecule has 2 aliphatic carbocycles. The van der Waals surface area contributed by atoms with Gasteiger partial charge in [-0.15, -0.1) is 0 Å². The third-order valence-electron chi connectivity index (χ3n) is 4.13. The minimum Gasteiger partial charge on any atom is -0.295 e. The van der Waals surface area contributed by atoms with E-state index in [2.05, 4.69) is 18.2 Å². The summed E-state index contributed by atoms with van der Waals surface area (Å²) in [5.74, 6) is 0.323. The molecular weight excluding hydrogens is 220 g/mol. The summed E-state index contributed by atoms with van der Waals surface area (Å²) in [5, 5.41) is 0. The van der Waals surface area contributed by atoms with Gasteiger partial charge in [0.1, 0.15) is 0 Å². The van der Waals surface area contributed by atoms with Crippen LogP contribution in [0.3, 0.4) is 0 Å². The van der Waals surface area contributed by atoms with Crippen LogP contribution < -0.4 is 0 Å². The Morgan fingerprint density at radius 2 is 1.72 bits per heavy atom. The van der Waals surface area contributed by atoms with Gasteiger partial charge >= 0.3 is 0 Å². The highest BCUT2D eigenvalue weighted by molar-refractivity contribution is 5.90. The molecule has 0 spiro atoms. The minimum atomic E-state index is 0.323. The van der Waals surface area contributed by atoms with Crippen LogP contribution >= 0.6 is 0 Å². The lowest BCUT2D eigenvalue weighted by Crippen LogP contribution is -1.95. The van der Waals surface area contributed by atoms with Crippen LogP contribution in [0.5, 0.6) is 0 Å². The van der Waals surface area contributed by atoms with Crippen molar-refractivity contribution in [3.8, 4) is 0 Å². The molecule has 0 saturated carbocycles. The van der Waals surface area contributed by atoms with E-state index >= 15 is 0 Å². The Morgan fingerprint density at radius 3 is 2.67 bits per heavy atom. The first-order chi connectivity index (χ1) is 8.81. The number of aryl methyl sites for hydroxylation is 2. The van der Waals surface area contributed by atoms with Gasteiger partial charge in [0, 0.05) is 6.42 Å². The number of carbonyl (C=O) groups is 1. The Bertz CT molecular complexity index is 496. The molecule has 0 aliphatic heterocycles. The molecule has 94 valence electrons. The third kappa shape index (κ3) is 2.55. The van der Waals surface area contributed by atoms with Crippen LogP contribution in [0.25, 0.3) is 0 Å². The molecule has 0 heterocycles. The van der Waals surface area contributed by atoms with E-state index in [-0.39, 0.29) is 0 Å². The zero-order chi connectivity index (χ0) is 12.4. The van der Waals surface area contributed by atoms with Gasteiger partial charge in [0.25, 0.3) is 0 Å². The molecule has 0 unspecified atom stereocenters.